The fourth-order valence-corrected chi connectivity index (χ4v) is 2.05. The van der Waals surface area contributed by atoms with Crippen LogP contribution in [0.25, 0.3) is 6.08 Å². The lowest BCUT2D eigenvalue weighted by Gasteiger charge is -2.25. The number of carbonyl (C=O) groups excluding carboxylic acids is 1. The van der Waals surface area contributed by atoms with Crippen LogP contribution in [0.2, 0.25) is 0 Å². The van der Waals surface area contributed by atoms with Gasteiger partial charge in [0.05, 0.1) is 0 Å². The summed E-state index contributed by atoms with van der Waals surface area (Å²) in [4.78, 5) is 10.8. The number of hydrogen-bond acceptors (Lipinski definition) is 3. The summed E-state index contributed by atoms with van der Waals surface area (Å²) in [6.45, 7) is 0. The SMILES string of the molecule is CSc1ccc2c(c1)NC(Cl)(C=O)C=C2. The molecule has 0 aliphatic carbocycles. The molecule has 0 bridgehead atoms. The van der Waals surface area contributed by atoms with Crippen molar-refractivity contribution in [1.82, 2.24) is 0 Å². The van der Waals surface area contributed by atoms with Crippen LogP contribution in [0.15, 0.2) is 29.2 Å². The second-order valence-electron chi connectivity index (χ2n) is 3.30. The van der Waals surface area contributed by atoms with Gasteiger partial charge in [0.1, 0.15) is 0 Å². The van der Waals surface area contributed by atoms with Crippen LogP contribution >= 0.6 is 23.4 Å². The Bertz CT molecular complexity index is 433. The molecule has 1 N–H and O–H groups in total. The van der Waals surface area contributed by atoms with Crippen molar-refractivity contribution >= 4 is 41.4 Å². The third-order valence-electron chi connectivity index (χ3n) is 2.26. The normalized spacial score (nSPS) is 23.1. The van der Waals surface area contributed by atoms with Crippen molar-refractivity contribution < 1.29 is 4.79 Å². The first kappa shape index (κ1) is 10.6. The number of carbonyl (C=O) groups is 1. The number of rotatable bonds is 2. The van der Waals surface area contributed by atoms with Crippen molar-refractivity contribution in [1.29, 1.82) is 0 Å². The van der Waals surface area contributed by atoms with Crippen molar-refractivity contribution in [2.45, 2.75) is 9.89 Å². The molecule has 1 atom stereocenters. The highest BCUT2D eigenvalue weighted by Gasteiger charge is 2.26. The number of hydrogen-bond donors (Lipinski definition) is 1. The molecule has 1 aliphatic heterocycles. The third-order valence-corrected chi connectivity index (χ3v) is 3.30. The van der Waals surface area contributed by atoms with Gasteiger partial charge in [0.25, 0.3) is 0 Å². The summed E-state index contributed by atoms with van der Waals surface area (Å²) in [7, 11) is 0. The number of alkyl halides is 1. The Kier molecular flexibility index (Phi) is 2.76. The highest BCUT2D eigenvalue weighted by atomic mass is 35.5. The van der Waals surface area contributed by atoms with E-state index in [1.807, 2.05) is 30.5 Å². The van der Waals surface area contributed by atoms with Crippen LogP contribution in [0.1, 0.15) is 5.56 Å². The van der Waals surface area contributed by atoms with E-state index >= 15 is 0 Å². The second kappa shape index (κ2) is 3.91. The minimum absolute atomic E-state index is 0.694. The van der Waals surface area contributed by atoms with Crippen LogP contribution in [0.3, 0.4) is 0 Å². The van der Waals surface area contributed by atoms with Gasteiger partial charge in [-0.2, -0.15) is 0 Å². The number of fused-ring (bicyclic) bond motifs is 1. The molecular formula is C11H10ClNOS. The molecule has 15 heavy (non-hydrogen) atoms. The molecular weight excluding hydrogens is 230 g/mol. The predicted octanol–water partition coefficient (Wildman–Crippen LogP) is 2.98. The van der Waals surface area contributed by atoms with Gasteiger partial charge in [-0.3, -0.25) is 4.79 Å². The van der Waals surface area contributed by atoms with Crippen LogP contribution in [0, 0.1) is 0 Å². The Morgan fingerprint density at radius 3 is 3.00 bits per heavy atom. The smallest absolute Gasteiger partial charge is 0.187 e. The summed E-state index contributed by atoms with van der Waals surface area (Å²) >= 11 is 7.66. The lowest BCUT2D eigenvalue weighted by atomic mass is 10.1. The zero-order chi connectivity index (χ0) is 10.9. The van der Waals surface area contributed by atoms with Crippen molar-refractivity contribution in [3.05, 3.63) is 29.8 Å². The molecule has 0 spiro atoms. The molecule has 0 amide bonds. The first-order valence-corrected chi connectivity index (χ1v) is 6.08. The summed E-state index contributed by atoms with van der Waals surface area (Å²) in [6.07, 6.45) is 6.22. The fourth-order valence-electron chi connectivity index (χ4n) is 1.44. The van der Waals surface area contributed by atoms with Gasteiger partial charge in [0, 0.05) is 10.6 Å². The van der Waals surface area contributed by atoms with Crippen LogP contribution < -0.4 is 5.32 Å². The zero-order valence-electron chi connectivity index (χ0n) is 8.16. The molecule has 1 aromatic carbocycles. The van der Waals surface area contributed by atoms with Gasteiger partial charge in [-0.25, -0.2) is 0 Å². The predicted molar refractivity (Wildman–Crippen MR) is 65.5 cm³/mol. The summed E-state index contributed by atoms with van der Waals surface area (Å²) in [5, 5.41) is 2.99. The average Bonchev–Trinajstić information content (AvgIpc) is 2.28. The summed E-state index contributed by atoms with van der Waals surface area (Å²) < 4.78 is 0. The number of halogens is 1. The zero-order valence-corrected chi connectivity index (χ0v) is 9.73. The quantitative estimate of drug-likeness (QED) is 0.372. The number of anilines is 1. The molecule has 0 saturated heterocycles. The van der Waals surface area contributed by atoms with E-state index in [1.165, 1.54) is 0 Å². The van der Waals surface area contributed by atoms with Gasteiger partial charge in [0.15, 0.2) is 11.3 Å². The van der Waals surface area contributed by atoms with Gasteiger partial charge < -0.3 is 5.32 Å². The Balaban J connectivity index is 2.42. The van der Waals surface area contributed by atoms with E-state index in [1.54, 1.807) is 17.8 Å². The number of nitrogens with one attached hydrogen (secondary N) is 1. The fraction of sp³-hybridized carbons (Fsp3) is 0.182. The number of aldehydes is 1. The minimum atomic E-state index is -1.09. The molecule has 1 aliphatic rings. The molecule has 0 saturated carbocycles. The molecule has 0 radical (unpaired) electrons. The topological polar surface area (TPSA) is 29.1 Å². The molecule has 0 fully saturated rings. The van der Waals surface area contributed by atoms with Gasteiger partial charge in [-0.15, -0.1) is 11.8 Å². The lowest BCUT2D eigenvalue weighted by molar-refractivity contribution is -0.108. The van der Waals surface area contributed by atoms with Crippen LogP contribution in [0.4, 0.5) is 5.69 Å². The van der Waals surface area contributed by atoms with E-state index in [-0.39, 0.29) is 0 Å². The Hall–Kier alpha value is -0.930. The van der Waals surface area contributed by atoms with Gasteiger partial charge in [-0.1, -0.05) is 23.7 Å². The Morgan fingerprint density at radius 1 is 1.53 bits per heavy atom. The third kappa shape index (κ3) is 2.03. The first-order valence-electron chi connectivity index (χ1n) is 4.47. The maximum atomic E-state index is 10.8. The van der Waals surface area contributed by atoms with E-state index in [0.717, 1.165) is 16.1 Å². The Labute approximate surface area is 97.7 Å². The maximum Gasteiger partial charge on any atom is 0.187 e. The van der Waals surface area contributed by atoms with Crippen molar-refractivity contribution in [3.63, 3.8) is 0 Å². The summed E-state index contributed by atoms with van der Waals surface area (Å²) in [6, 6.07) is 6.04. The molecule has 78 valence electrons. The second-order valence-corrected chi connectivity index (χ2v) is 4.80. The van der Waals surface area contributed by atoms with E-state index in [2.05, 4.69) is 5.32 Å². The first-order chi connectivity index (χ1) is 7.17. The average molecular weight is 240 g/mol. The summed E-state index contributed by atoms with van der Waals surface area (Å²) in [5.41, 5.74) is 1.94. The maximum absolute atomic E-state index is 10.8. The van der Waals surface area contributed by atoms with Crippen LogP contribution in [0.5, 0.6) is 0 Å². The van der Waals surface area contributed by atoms with E-state index in [4.69, 9.17) is 11.6 Å². The largest absolute Gasteiger partial charge is 0.357 e. The number of benzene rings is 1. The van der Waals surface area contributed by atoms with Crippen molar-refractivity contribution in [2.24, 2.45) is 0 Å². The van der Waals surface area contributed by atoms with Gasteiger partial charge in [-0.05, 0) is 30.0 Å². The van der Waals surface area contributed by atoms with E-state index < -0.39 is 5.00 Å². The molecule has 0 aromatic heterocycles. The van der Waals surface area contributed by atoms with Gasteiger partial charge >= 0.3 is 0 Å². The van der Waals surface area contributed by atoms with Crippen molar-refractivity contribution in [2.75, 3.05) is 11.6 Å². The van der Waals surface area contributed by atoms with Crippen LogP contribution in [-0.2, 0) is 4.79 Å². The highest BCUT2D eigenvalue weighted by molar-refractivity contribution is 7.98. The molecule has 1 aromatic rings. The molecule has 1 heterocycles. The summed E-state index contributed by atoms with van der Waals surface area (Å²) in [5.74, 6) is 0. The van der Waals surface area contributed by atoms with Crippen molar-refractivity contribution in [3.8, 4) is 0 Å². The van der Waals surface area contributed by atoms with E-state index in [0.29, 0.717) is 6.29 Å². The monoisotopic (exact) mass is 239 g/mol. The Morgan fingerprint density at radius 2 is 2.33 bits per heavy atom. The van der Waals surface area contributed by atoms with E-state index in [9.17, 15) is 4.79 Å². The molecule has 2 rings (SSSR count). The molecule has 1 unspecified atom stereocenters. The highest BCUT2D eigenvalue weighted by Crippen LogP contribution is 2.32. The number of thioether (sulfide) groups is 1. The molecule has 2 nitrogen and oxygen atoms in total. The standard InChI is InChI=1S/C11H10ClNOS/c1-15-9-3-2-8-4-5-11(12,7-14)13-10(8)6-9/h2-7,13H,1H3. The molecule has 4 heteroatoms. The lowest BCUT2D eigenvalue weighted by Crippen LogP contribution is -2.33. The minimum Gasteiger partial charge on any atom is -0.357 e. The van der Waals surface area contributed by atoms with Gasteiger partial charge in [0.2, 0.25) is 0 Å². The van der Waals surface area contributed by atoms with Crippen LogP contribution in [-0.4, -0.2) is 17.5 Å².